The molecule has 0 nitrogen and oxygen atoms in total. The summed E-state index contributed by atoms with van der Waals surface area (Å²) in [5.74, 6) is 0.691. The van der Waals surface area contributed by atoms with Gasteiger partial charge >= 0.3 is 0 Å². The molecule has 0 aromatic rings. The standard InChI is InChI=1S/C12H25FS/c1-2-3-4-5-6-7-8-9-10-11-12-14-13/h2-12H2,1H3. The average molecular weight is 220 g/mol. The van der Waals surface area contributed by atoms with Crippen molar-refractivity contribution < 1.29 is 3.89 Å². The number of hydrogen-bond donors (Lipinski definition) is 0. The van der Waals surface area contributed by atoms with Crippen molar-refractivity contribution in [3.8, 4) is 0 Å². The SMILES string of the molecule is CCCCCCCCCCCCSF. The van der Waals surface area contributed by atoms with E-state index in [1.54, 1.807) is 0 Å². The van der Waals surface area contributed by atoms with Crippen molar-refractivity contribution in [1.29, 1.82) is 0 Å². The van der Waals surface area contributed by atoms with Crippen LogP contribution in [0.5, 0.6) is 0 Å². The summed E-state index contributed by atoms with van der Waals surface area (Å²) in [7, 11) is 0. The Morgan fingerprint density at radius 1 is 0.714 bits per heavy atom. The third kappa shape index (κ3) is 12.3. The van der Waals surface area contributed by atoms with Gasteiger partial charge in [0, 0.05) is 17.9 Å². The Morgan fingerprint density at radius 3 is 1.57 bits per heavy atom. The fourth-order valence-electron chi connectivity index (χ4n) is 1.64. The third-order valence-corrected chi connectivity index (χ3v) is 3.02. The van der Waals surface area contributed by atoms with Gasteiger partial charge in [-0.1, -0.05) is 64.7 Å². The molecule has 14 heavy (non-hydrogen) atoms. The van der Waals surface area contributed by atoms with Gasteiger partial charge in [0.15, 0.2) is 0 Å². The number of unbranched alkanes of at least 4 members (excludes halogenated alkanes) is 9. The van der Waals surface area contributed by atoms with Crippen LogP contribution in [0.4, 0.5) is 3.89 Å². The molecular weight excluding hydrogens is 195 g/mol. The van der Waals surface area contributed by atoms with Crippen molar-refractivity contribution in [3.05, 3.63) is 0 Å². The summed E-state index contributed by atoms with van der Waals surface area (Å²) < 4.78 is 11.7. The van der Waals surface area contributed by atoms with Crippen LogP contribution >= 0.6 is 12.1 Å². The smallest absolute Gasteiger partial charge is 0.0443 e. The molecular formula is C12H25FS. The lowest BCUT2D eigenvalue weighted by Gasteiger charge is -2.00. The zero-order valence-corrected chi connectivity index (χ0v) is 10.4. The second-order valence-electron chi connectivity index (χ2n) is 4.00. The summed E-state index contributed by atoms with van der Waals surface area (Å²) >= 11 is 0.479. The molecule has 0 aromatic carbocycles. The topological polar surface area (TPSA) is 0 Å². The molecule has 0 spiro atoms. The highest BCUT2D eigenvalue weighted by Crippen LogP contribution is 2.12. The first-order valence-corrected chi connectivity index (χ1v) is 7.04. The molecule has 0 saturated heterocycles. The summed E-state index contributed by atoms with van der Waals surface area (Å²) in [6, 6.07) is 0. The first-order valence-electron chi connectivity index (χ1n) is 6.15. The quantitative estimate of drug-likeness (QED) is 0.413. The molecule has 0 rings (SSSR count). The van der Waals surface area contributed by atoms with Gasteiger partial charge in [-0.05, 0) is 6.42 Å². The first-order chi connectivity index (χ1) is 6.91. The van der Waals surface area contributed by atoms with E-state index in [1.807, 2.05) is 0 Å². The molecule has 2 heteroatoms. The Kier molecular flexibility index (Phi) is 13.5. The van der Waals surface area contributed by atoms with Crippen molar-refractivity contribution in [1.82, 2.24) is 0 Å². The molecule has 0 amide bonds. The summed E-state index contributed by atoms with van der Waals surface area (Å²) in [6.07, 6.45) is 13.3. The molecule has 0 heterocycles. The summed E-state index contributed by atoms with van der Waals surface area (Å²) in [4.78, 5) is 0. The molecule has 0 unspecified atom stereocenters. The monoisotopic (exact) mass is 220 g/mol. The molecule has 0 aromatic heterocycles. The predicted molar refractivity (Wildman–Crippen MR) is 65.4 cm³/mol. The lowest BCUT2D eigenvalue weighted by molar-refractivity contribution is 0.563. The van der Waals surface area contributed by atoms with Crippen LogP contribution in [0.1, 0.15) is 71.1 Å². The molecule has 86 valence electrons. The van der Waals surface area contributed by atoms with E-state index in [2.05, 4.69) is 6.92 Å². The number of rotatable bonds is 11. The van der Waals surface area contributed by atoms with Crippen LogP contribution in [0.3, 0.4) is 0 Å². The normalized spacial score (nSPS) is 10.7. The Bertz CT molecular complexity index is 84.3. The maximum absolute atomic E-state index is 11.7. The van der Waals surface area contributed by atoms with E-state index in [4.69, 9.17) is 0 Å². The van der Waals surface area contributed by atoms with Gasteiger partial charge in [0.05, 0.1) is 0 Å². The van der Waals surface area contributed by atoms with E-state index in [9.17, 15) is 3.89 Å². The second-order valence-corrected chi connectivity index (χ2v) is 4.62. The van der Waals surface area contributed by atoms with Gasteiger partial charge in [-0.3, -0.25) is 0 Å². The van der Waals surface area contributed by atoms with Gasteiger partial charge < -0.3 is 0 Å². The highest BCUT2D eigenvalue weighted by atomic mass is 32.2. The molecule has 0 aliphatic carbocycles. The van der Waals surface area contributed by atoms with Gasteiger partial charge in [-0.2, -0.15) is 3.89 Å². The minimum atomic E-state index is 0.479. The van der Waals surface area contributed by atoms with E-state index in [0.717, 1.165) is 6.42 Å². The van der Waals surface area contributed by atoms with E-state index in [-0.39, 0.29) is 0 Å². The van der Waals surface area contributed by atoms with Gasteiger partial charge in [0.2, 0.25) is 0 Å². The van der Waals surface area contributed by atoms with Gasteiger partial charge in [0.25, 0.3) is 0 Å². The van der Waals surface area contributed by atoms with E-state index in [0.29, 0.717) is 17.9 Å². The fraction of sp³-hybridized carbons (Fsp3) is 1.00. The molecule has 0 fully saturated rings. The van der Waals surface area contributed by atoms with Crippen molar-refractivity contribution >= 4 is 12.1 Å². The first kappa shape index (κ1) is 14.3. The van der Waals surface area contributed by atoms with Crippen molar-refractivity contribution in [2.24, 2.45) is 0 Å². The fourth-order valence-corrected chi connectivity index (χ4v) is 1.96. The lowest BCUT2D eigenvalue weighted by Crippen LogP contribution is -1.82. The predicted octanol–water partition coefficient (Wildman–Crippen LogP) is 5.53. The third-order valence-electron chi connectivity index (χ3n) is 2.58. The summed E-state index contributed by atoms with van der Waals surface area (Å²) in [5, 5.41) is 0. The minimum Gasteiger partial charge on any atom is -0.165 e. The maximum Gasteiger partial charge on any atom is 0.0443 e. The van der Waals surface area contributed by atoms with E-state index < -0.39 is 0 Å². The van der Waals surface area contributed by atoms with Crippen LogP contribution in [0.15, 0.2) is 0 Å². The van der Waals surface area contributed by atoms with Gasteiger partial charge in [-0.25, -0.2) is 0 Å². The second kappa shape index (κ2) is 13.3. The van der Waals surface area contributed by atoms with Crippen LogP contribution in [-0.2, 0) is 0 Å². The van der Waals surface area contributed by atoms with Crippen LogP contribution < -0.4 is 0 Å². The average Bonchev–Trinajstić information content (AvgIpc) is 2.21. The minimum absolute atomic E-state index is 0.479. The highest BCUT2D eigenvalue weighted by molar-refractivity contribution is 7.94. The van der Waals surface area contributed by atoms with Crippen LogP contribution in [0, 0.1) is 0 Å². The molecule has 0 radical (unpaired) electrons. The highest BCUT2D eigenvalue weighted by Gasteiger charge is 1.92. The molecule has 0 saturated carbocycles. The molecule has 0 bridgehead atoms. The molecule has 0 aliphatic heterocycles. The zero-order chi connectivity index (χ0) is 10.5. The lowest BCUT2D eigenvalue weighted by atomic mass is 10.1. The van der Waals surface area contributed by atoms with Crippen LogP contribution in [-0.4, -0.2) is 5.75 Å². The number of halogens is 1. The van der Waals surface area contributed by atoms with Crippen molar-refractivity contribution in [3.63, 3.8) is 0 Å². The Labute approximate surface area is 93.3 Å². The molecule has 0 N–H and O–H groups in total. The zero-order valence-electron chi connectivity index (χ0n) is 9.56. The van der Waals surface area contributed by atoms with Gasteiger partial charge in [-0.15, -0.1) is 0 Å². The van der Waals surface area contributed by atoms with Gasteiger partial charge in [0.1, 0.15) is 0 Å². The van der Waals surface area contributed by atoms with Crippen LogP contribution in [0.25, 0.3) is 0 Å². The van der Waals surface area contributed by atoms with Crippen LogP contribution in [0.2, 0.25) is 0 Å². The Balaban J connectivity index is 2.78. The summed E-state index contributed by atoms with van der Waals surface area (Å²) in [6.45, 7) is 2.25. The molecule has 0 atom stereocenters. The molecule has 0 aliphatic rings. The largest absolute Gasteiger partial charge is 0.165 e. The van der Waals surface area contributed by atoms with Crippen molar-refractivity contribution in [2.75, 3.05) is 5.75 Å². The number of hydrogen-bond acceptors (Lipinski definition) is 1. The van der Waals surface area contributed by atoms with E-state index >= 15 is 0 Å². The Morgan fingerprint density at radius 2 is 1.14 bits per heavy atom. The van der Waals surface area contributed by atoms with E-state index in [1.165, 1.54) is 57.8 Å². The van der Waals surface area contributed by atoms with Crippen molar-refractivity contribution in [2.45, 2.75) is 71.1 Å². The summed E-state index contributed by atoms with van der Waals surface area (Å²) in [5.41, 5.74) is 0. The Hall–Kier alpha value is 0.280. The maximum atomic E-state index is 11.7.